The smallest absolute Gasteiger partial charge is 0.122 e. The molecule has 0 spiro atoms. The predicted molar refractivity (Wildman–Crippen MR) is 76.3 cm³/mol. The van der Waals surface area contributed by atoms with Crippen LogP contribution in [0.3, 0.4) is 0 Å². The van der Waals surface area contributed by atoms with Gasteiger partial charge in [0.05, 0.1) is 12.8 Å². The third-order valence-corrected chi connectivity index (χ3v) is 3.76. The molecule has 2 N–H and O–H groups in total. The van der Waals surface area contributed by atoms with Crippen molar-refractivity contribution < 1.29 is 4.74 Å². The third kappa shape index (κ3) is 2.34. The van der Waals surface area contributed by atoms with E-state index in [1.54, 1.807) is 7.11 Å². The van der Waals surface area contributed by atoms with Gasteiger partial charge in [-0.3, -0.25) is 4.98 Å². The van der Waals surface area contributed by atoms with Crippen molar-refractivity contribution in [3.8, 4) is 17.0 Å². The molecule has 19 heavy (non-hydrogen) atoms. The maximum absolute atomic E-state index is 5.86. The first kappa shape index (κ1) is 12.2. The Morgan fingerprint density at radius 1 is 1.26 bits per heavy atom. The molecular formula is C16H18N2O. The molecule has 1 saturated carbocycles. The number of aryl methyl sites for hydroxylation is 1. The normalized spacial score (nSPS) is 21.2. The average molecular weight is 254 g/mol. The molecular weight excluding hydrogens is 236 g/mol. The lowest BCUT2D eigenvalue weighted by atomic mass is 10.1. The van der Waals surface area contributed by atoms with Gasteiger partial charge in [0, 0.05) is 23.7 Å². The van der Waals surface area contributed by atoms with Gasteiger partial charge in [0.15, 0.2) is 0 Å². The highest BCUT2D eigenvalue weighted by Gasteiger charge is 2.34. The van der Waals surface area contributed by atoms with Gasteiger partial charge in [0.25, 0.3) is 0 Å². The molecule has 2 atom stereocenters. The van der Waals surface area contributed by atoms with Gasteiger partial charge >= 0.3 is 0 Å². The van der Waals surface area contributed by atoms with Crippen molar-refractivity contribution in [3.63, 3.8) is 0 Å². The maximum atomic E-state index is 5.86. The Balaban J connectivity index is 1.89. The molecule has 98 valence electrons. The van der Waals surface area contributed by atoms with Crippen LogP contribution in [0.15, 0.2) is 36.5 Å². The van der Waals surface area contributed by atoms with E-state index in [2.05, 4.69) is 29.2 Å². The van der Waals surface area contributed by atoms with E-state index in [0.717, 1.165) is 29.0 Å². The summed E-state index contributed by atoms with van der Waals surface area (Å²) in [5.41, 5.74) is 10.3. The van der Waals surface area contributed by atoms with Crippen LogP contribution in [-0.4, -0.2) is 18.1 Å². The summed E-state index contributed by atoms with van der Waals surface area (Å²) >= 11 is 0. The van der Waals surface area contributed by atoms with Gasteiger partial charge in [0.1, 0.15) is 5.75 Å². The van der Waals surface area contributed by atoms with Crippen LogP contribution in [0.25, 0.3) is 11.3 Å². The molecule has 3 rings (SSSR count). The minimum Gasteiger partial charge on any atom is -0.496 e. The SMILES string of the molecule is COc1cc(-c2ccc([C@@H]3C[C@H]3N)cn2)ccc1C. The van der Waals surface area contributed by atoms with Gasteiger partial charge in [-0.05, 0) is 36.6 Å². The number of ether oxygens (including phenoxy) is 1. The minimum absolute atomic E-state index is 0.326. The van der Waals surface area contributed by atoms with E-state index in [4.69, 9.17) is 10.5 Å². The van der Waals surface area contributed by atoms with Crippen molar-refractivity contribution in [2.24, 2.45) is 5.73 Å². The lowest BCUT2D eigenvalue weighted by molar-refractivity contribution is 0.412. The molecule has 0 amide bonds. The largest absolute Gasteiger partial charge is 0.496 e. The van der Waals surface area contributed by atoms with Crippen molar-refractivity contribution in [3.05, 3.63) is 47.7 Å². The molecule has 0 saturated heterocycles. The Kier molecular flexibility index (Phi) is 2.99. The fraction of sp³-hybridized carbons (Fsp3) is 0.312. The molecule has 1 heterocycles. The summed E-state index contributed by atoms with van der Waals surface area (Å²) in [6, 6.07) is 10.7. The summed E-state index contributed by atoms with van der Waals surface area (Å²) in [7, 11) is 1.69. The Bertz CT molecular complexity index is 592. The molecule has 1 aromatic heterocycles. The van der Waals surface area contributed by atoms with Crippen LogP contribution in [0.1, 0.15) is 23.5 Å². The molecule has 2 aromatic rings. The fourth-order valence-electron chi connectivity index (χ4n) is 2.37. The monoisotopic (exact) mass is 254 g/mol. The quantitative estimate of drug-likeness (QED) is 0.916. The summed E-state index contributed by atoms with van der Waals surface area (Å²) in [5, 5.41) is 0. The number of methoxy groups -OCH3 is 1. The number of benzene rings is 1. The average Bonchev–Trinajstić information content (AvgIpc) is 3.17. The number of hydrogen-bond donors (Lipinski definition) is 1. The van der Waals surface area contributed by atoms with Crippen LogP contribution in [0.4, 0.5) is 0 Å². The number of aromatic nitrogens is 1. The second-order valence-corrected chi connectivity index (χ2v) is 5.17. The van der Waals surface area contributed by atoms with Crippen LogP contribution in [-0.2, 0) is 0 Å². The van der Waals surface area contributed by atoms with Crippen LogP contribution >= 0.6 is 0 Å². The summed E-state index contributed by atoms with van der Waals surface area (Å²) in [5.74, 6) is 1.40. The van der Waals surface area contributed by atoms with E-state index in [1.165, 1.54) is 5.56 Å². The van der Waals surface area contributed by atoms with Crippen molar-refractivity contribution in [2.75, 3.05) is 7.11 Å². The van der Waals surface area contributed by atoms with Crippen molar-refractivity contribution in [1.82, 2.24) is 4.98 Å². The van der Waals surface area contributed by atoms with Gasteiger partial charge in [-0.2, -0.15) is 0 Å². The molecule has 3 nitrogen and oxygen atoms in total. The van der Waals surface area contributed by atoms with Gasteiger partial charge in [-0.1, -0.05) is 18.2 Å². The molecule has 1 aromatic carbocycles. The molecule has 0 aliphatic heterocycles. The second kappa shape index (κ2) is 4.67. The second-order valence-electron chi connectivity index (χ2n) is 5.17. The number of pyridine rings is 1. The minimum atomic E-state index is 0.326. The van der Waals surface area contributed by atoms with Crippen molar-refractivity contribution >= 4 is 0 Å². The number of hydrogen-bond acceptors (Lipinski definition) is 3. The molecule has 1 aliphatic rings. The first-order valence-corrected chi connectivity index (χ1v) is 6.55. The topological polar surface area (TPSA) is 48.1 Å². The highest BCUT2D eigenvalue weighted by molar-refractivity contribution is 5.62. The van der Waals surface area contributed by atoms with E-state index in [0.29, 0.717) is 12.0 Å². The van der Waals surface area contributed by atoms with E-state index in [9.17, 15) is 0 Å². The van der Waals surface area contributed by atoms with E-state index >= 15 is 0 Å². The molecule has 1 fully saturated rings. The molecule has 0 bridgehead atoms. The maximum Gasteiger partial charge on any atom is 0.122 e. The third-order valence-electron chi connectivity index (χ3n) is 3.76. The zero-order valence-corrected chi connectivity index (χ0v) is 11.3. The summed E-state index contributed by atoms with van der Waals surface area (Å²) in [6.45, 7) is 2.04. The summed E-state index contributed by atoms with van der Waals surface area (Å²) < 4.78 is 5.35. The Morgan fingerprint density at radius 3 is 2.63 bits per heavy atom. The lowest BCUT2D eigenvalue weighted by Crippen LogP contribution is -2.01. The number of nitrogens with two attached hydrogens (primary N) is 1. The van der Waals surface area contributed by atoms with Gasteiger partial charge in [-0.15, -0.1) is 0 Å². The van der Waals surface area contributed by atoms with Gasteiger partial charge in [0.2, 0.25) is 0 Å². The zero-order valence-electron chi connectivity index (χ0n) is 11.3. The predicted octanol–water partition coefficient (Wildman–Crippen LogP) is 2.88. The summed E-state index contributed by atoms with van der Waals surface area (Å²) in [6.07, 6.45) is 3.03. The first-order chi connectivity index (χ1) is 9.19. The number of rotatable bonds is 3. The van der Waals surface area contributed by atoms with Crippen LogP contribution in [0.5, 0.6) is 5.75 Å². The van der Waals surface area contributed by atoms with E-state index < -0.39 is 0 Å². The van der Waals surface area contributed by atoms with Crippen LogP contribution in [0.2, 0.25) is 0 Å². The zero-order chi connectivity index (χ0) is 13.4. The highest BCUT2D eigenvalue weighted by atomic mass is 16.5. The first-order valence-electron chi connectivity index (χ1n) is 6.55. The Morgan fingerprint density at radius 2 is 2.05 bits per heavy atom. The van der Waals surface area contributed by atoms with Gasteiger partial charge in [-0.25, -0.2) is 0 Å². The van der Waals surface area contributed by atoms with Crippen LogP contribution < -0.4 is 10.5 Å². The molecule has 0 unspecified atom stereocenters. The Labute approximate surface area is 113 Å². The lowest BCUT2D eigenvalue weighted by Gasteiger charge is -2.08. The van der Waals surface area contributed by atoms with Crippen molar-refractivity contribution in [2.45, 2.75) is 25.3 Å². The van der Waals surface area contributed by atoms with E-state index in [1.807, 2.05) is 19.2 Å². The van der Waals surface area contributed by atoms with Gasteiger partial charge < -0.3 is 10.5 Å². The van der Waals surface area contributed by atoms with Crippen molar-refractivity contribution in [1.29, 1.82) is 0 Å². The molecule has 3 heteroatoms. The Hall–Kier alpha value is -1.87. The van der Waals surface area contributed by atoms with Crippen LogP contribution in [0, 0.1) is 6.92 Å². The van der Waals surface area contributed by atoms with E-state index in [-0.39, 0.29) is 0 Å². The number of nitrogens with zero attached hydrogens (tertiary/aromatic N) is 1. The fourth-order valence-corrected chi connectivity index (χ4v) is 2.37. The molecule has 0 radical (unpaired) electrons. The highest BCUT2D eigenvalue weighted by Crippen LogP contribution is 2.39. The summed E-state index contributed by atoms with van der Waals surface area (Å²) in [4.78, 5) is 4.54. The standard InChI is InChI=1S/C16H18N2O/c1-10-3-4-11(7-16(10)19-2)15-6-5-12(9-18-15)13-8-14(13)17/h3-7,9,13-14H,8,17H2,1-2H3/t13-,14+/m0/s1. The molecule has 1 aliphatic carbocycles.